The summed E-state index contributed by atoms with van der Waals surface area (Å²) in [4.78, 5) is 16.9. The molecule has 0 bridgehead atoms. The minimum absolute atomic E-state index is 0.0723. The molecule has 1 saturated carbocycles. The number of carbonyl (C=O) groups is 1. The monoisotopic (exact) mass is 311 g/mol. The lowest BCUT2D eigenvalue weighted by atomic mass is 10.0. The third-order valence-electron chi connectivity index (χ3n) is 4.53. The molecular formula is C17H21N5O. The summed E-state index contributed by atoms with van der Waals surface area (Å²) in [5.74, 6) is 1.10. The van der Waals surface area contributed by atoms with Crippen LogP contribution in [0.4, 0.5) is 0 Å². The molecule has 1 amide bonds. The normalized spacial score (nSPS) is 21.5. The van der Waals surface area contributed by atoms with E-state index in [0.29, 0.717) is 6.04 Å². The van der Waals surface area contributed by atoms with Gasteiger partial charge in [0.2, 0.25) is 5.91 Å². The third-order valence-corrected chi connectivity index (χ3v) is 4.53. The highest BCUT2D eigenvalue weighted by molar-refractivity contribution is 5.83. The molecule has 0 unspecified atom stereocenters. The molecule has 1 fully saturated rings. The van der Waals surface area contributed by atoms with Gasteiger partial charge in [0.25, 0.3) is 0 Å². The van der Waals surface area contributed by atoms with E-state index in [4.69, 9.17) is 0 Å². The highest BCUT2D eigenvalue weighted by atomic mass is 16.2. The van der Waals surface area contributed by atoms with E-state index in [2.05, 4.69) is 20.7 Å². The summed E-state index contributed by atoms with van der Waals surface area (Å²) < 4.78 is 1.93. The van der Waals surface area contributed by atoms with Crippen LogP contribution in [0, 0.1) is 0 Å². The fraction of sp³-hybridized carbons (Fsp3) is 0.471. The topological polar surface area (TPSA) is 71.8 Å². The van der Waals surface area contributed by atoms with Crippen molar-refractivity contribution in [3.05, 3.63) is 48.0 Å². The molecule has 0 saturated heterocycles. The summed E-state index contributed by atoms with van der Waals surface area (Å²) in [6.07, 6.45) is 5.66. The molecule has 1 aliphatic carbocycles. The van der Waals surface area contributed by atoms with E-state index >= 15 is 0 Å². The molecule has 2 atom stereocenters. The van der Waals surface area contributed by atoms with Crippen LogP contribution in [0.15, 0.2) is 36.7 Å². The molecule has 1 aliphatic heterocycles. The second kappa shape index (κ2) is 6.12. The number of hydrogen-bond donors (Lipinski definition) is 2. The Kier molecular flexibility index (Phi) is 3.83. The number of carbonyl (C=O) groups excluding carboxylic acids is 1. The minimum Gasteiger partial charge on any atom is -0.352 e. The van der Waals surface area contributed by atoms with Gasteiger partial charge in [0.05, 0.1) is 6.54 Å². The maximum Gasteiger partial charge on any atom is 0.241 e. The van der Waals surface area contributed by atoms with Gasteiger partial charge in [-0.05, 0) is 24.8 Å². The van der Waals surface area contributed by atoms with Crippen molar-refractivity contribution in [2.24, 2.45) is 0 Å². The Bertz CT molecular complexity index is 679. The van der Waals surface area contributed by atoms with Crippen molar-refractivity contribution in [1.29, 1.82) is 0 Å². The van der Waals surface area contributed by atoms with Crippen molar-refractivity contribution in [2.45, 2.75) is 50.4 Å². The van der Waals surface area contributed by atoms with Gasteiger partial charge in [0.1, 0.15) is 18.2 Å². The maximum atomic E-state index is 12.7. The van der Waals surface area contributed by atoms with Crippen LogP contribution < -0.4 is 10.6 Å². The molecular weight excluding hydrogens is 290 g/mol. The van der Waals surface area contributed by atoms with E-state index in [1.54, 1.807) is 6.33 Å². The second-order valence-electron chi connectivity index (χ2n) is 6.39. The first-order valence-electron chi connectivity index (χ1n) is 8.27. The van der Waals surface area contributed by atoms with Crippen LogP contribution >= 0.6 is 0 Å². The van der Waals surface area contributed by atoms with Crippen molar-refractivity contribution in [1.82, 2.24) is 25.4 Å². The van der Waals surface area contributed by atoms with Crippen LogP contribution in [-0.4, -0.2) is 32.8 Å². The highest BCUT2D eigenvalue weighted by Gasteiger charge is 2.30. The largest absolute Gasteiger partial charge is 0.352 e. The molecule has 2 aromatic rings. The van der Waals surface area contributed by atoms with Crippen molar-refractivity contribution in [3.8, 4) is 0 Å². The molecule has 2 aliphatic rings. The van der Waals surface area contributed by atoms with Gasteiger partial charge >= 0.3 is 0 Å². The molecule has 2 N–H and O–H groups in total. The Morgan fingerprint density at radius 3 is 2.78 bits per heavy atom. The number of nitrogens with one attached hydrogen (secondary N) is 2. The number of rotatable bonds is 5. The number of benzene rings is 1. The molecule has 120 valence electrons. The Morgan fingerprint density at radius 2 is 2.00 bits per heavy atom. The second-order valence-corrected chi connectivity index (χ2v) is 6.39. The molecule has 0 radical (unpaired) electrons. The molecule has 4 rings (SSSR count). The van der Waals surface area contributed by atoms with E-state index in [9.17, 15) is 4.79 Å². The van der Waals surface area contributed by atoms with Crippen LogP contribution in [0.1, 0.15) is 36.7 Å². The van der Waals surface area contributed by atoms with Crippen molar-refractivity contribution in [3.63, 3.8) is 0 Å². The number of aromatic nitrogens is 3. The summed E-state index contributed by atoms with van der Waals surface area (Å²) in [5, 5.41) is 10.9. The van der Waals surface area contributed by atoms with Crippen LogP contribution in [0.3, 0.4) is 0 Å². The SMILES string of the molecule is O=C(NC1CC1)[C@@H](N[C@@H]1CCc2ncnn2C1)c1ccccc1. The zero-order chi connectivity index (χ0) is 15.6. The van der Waals surface area contributed by atoms with Gasteiger partial charge in [-0.1, -0.05) is 30.3 Å². The van der Waals surface area contributed by atoms with Crippen LogP contribution in [0.2, 0.25) is 0 Å². The summed E-state index contributed by atoms with van der Waals surface area (Å²) in [6, 6.07) is 10.2. The molecule has 2 heterocycles. The molecule has 23 heavy (non-hydrogen) atoms. The summed E-state index contributed by atoms with van der Waals surface area (Å²) in [7, 11) is 0. The van der Waals surface area contributed by atoms with Crippen LogP contribution in [-0.2, 0) is 17.8 Å². The lowest BCUT2D eigenvalue weighted by molar-refractivity contribution is -0.123. The van der Waals surface area contributed by atoms with Gasteiger partial charge in [0, 0.05) is 18.5 Å². The molecule has 1 aromatic heterocycles. The predicted octanol–water partition coefficient (Wildman–Crippen LogP) is 1.20. The van der Waals surface area contributed by atoms with Gasteiger partial charge in [0.15, 0.2) is 0 Å². The Labute approximate surface area is 135 Å². The fourth-order valence-electron chi connectivity index (χ4n) is 3.09. The lowest BCUT2D eigenvalue weighted by Crippen LogP contribution is -2.46. The average Bonchev–Trinajstić information content (AvgIpc) is 3.27. The number of fused-ring (bicyclic) bond motifs is 1. The van der Waals surface area contributed by atoms with E-state index in [0.717, 1.165) is 43.6 Å². The lowest BCUT2D eigenvalue weighted by Gasteiger charge is -2.28. The van der Waals surface area contributed by atoms with Crippen LogP contribution in [0.25, 0.3) is 0 Å². The number of nitrogens with zero attached hydrogens (tertiary/aromatic N) is 3. The first-order valence-corrected chi connectivity index (χ1v) is 8.27. The summed E-state index contributed by atoms with van der Waals surface area (Å²) in [5.41, 5.74) is 1.01. The smallest absolute Gasteiger partial charge is 0.241 e. The van der Waals surface area contributed by atoms with Gasteiger partial charge in [-0.2, -0.15) is 5.10 Å². The Morgan fingerprint density at radius 1 is 1.17 bits per heavy atom. The van der Waals surface area contributed by atoms with E-state index < -0.39 is 0 Å². The summed E-state index contributed by atoms with van der Waals surface area (Å²) >= 11 is 0. The Balaban J connectivity index is 1.50. The van der Waals surface area contributed by atoms with E-state index in [-0.39, 0.29) is 18.0 Å². The van der Waals surface area contributed by atoms with Gasteiger partial charge in [-0.15, -0.1) is 0 Å². The fourth-order valence-corrected chi connectivity index (χ4v) is 3.09. The number of amides is 1. The van der Waals surface area contributed by atoms with E-state index in [1.807, 2.05) is 35.0 Å². The Hall–Kier alpha value is -2.21. The van der Waals surface area contributed by atoms with Gasteiger partial charge in [-0.25, -0.2) is 9.67 Å². The minimum atomic E-state index is -0.313. The van der Waals surface area contributed by atoms with Gasteiger partial charge < -0.3 is 5.32 Å². The quantitative estimate of drug-likeness (QED) is 0.870. The third kappa shape index (κ3) is 3.27. The average molecular weight is 311 g/mol. The van der Waals surface area contributed by atoms with Crippen molar-refractivity contribution < 1.29 is 4.79 Å². The summed E-state index contributed by atoms with van der Waals surface area (Å²) in [6.45, 7) is 0.759. The van der Waals surface area contributed by atoms with Gasteiger partial charge in [-0.3, -0.25) is 10.1 Å². The maximum absolute atomic E-state index is 12.7. The first-order chi connectivity index (χ1) is 11.3. The highest BCUT2D eigenvalue weighted by Crippen LogP contribution is 2.22. The van der Waals surface area contributed by atoms with Crippen LogP contribution in [0.5, 0.6) is 0 Å². The zero-order valence-corrected chi connectivity index (χ0v) is 13.0. The number of hydrogen-bond acceptors (Lipinski definition) is 4. The number of aryl methyl sites for hydroxylation is 1. The zero-order valence-electron chi connectivity index (χ0n) is 13.0. The van der Waals surface area contributed by atoms with Crippen molar-refractivity contribution >= 4 is 5.91 Å². The molecule has 6 nitrogen and oxygen atoms in total. The standard InChI is InChI=1S/C17H21N5O/c23-17(21-13-6-7-13)16(12-4-2-1-3-5-12)20-14-8-9-15-18-11-19-22(15)10-14/h1-5,11,13-14,16,20H,6-10H2,(H,21,23)/t14-,16+/m1/s1. The predicted molar refractivity (Wildman–Crippen MR) is 85.6 cm³/mol. The van der Waals surface area contributed by atoms with Crippen molar-refractivity contribution in [2.75, 3.05) is 0 Å². The van der Waals surface area contributed by atoms with E-state index in [1.165, 1.54) is 0 Å². The molecule has 1 aromatic carbocycles. The molecule has 0 spiro atoms. The first kappa shape index (κ1) is 14.4. The molecule has 6 heteroatoms.